The molecule has 3 heteroatoms. The van der Waals surface area contributed by atoms with Crippen molar-refractivity contribution in [3.8, 4) is 5.75 Å². The van der Waals surface area contributed by atoms with Gasteiger partial charge in [0, 0.05) is 11.4 Å². The minimum absolute atomic E-state index is 0.801. The van der Waals surface area contributed by atoms with Gasteiger partial charge >= 0.3 is 0 Å². The largest absolute Gasteiger partial charge is 0.493 e. The molecule has 0 unspecified atom stereocenters. The number of halogens is 1. The summed E-state index contributed by atoms with van der Waals surface area (Å²) in [6, 6.07) is 4.08. The molecule has 1 aliphatic heterocycles. The van der Waals surface area contributed by atoms with Gasteiger partial charge in [0.15, 0.2) is 0 Å². The van der Waals surface area contributed by atoms with Crippen molar-refractivity contribution >= 4 is 11.6 Å². The summed E-state index contributed by atoms with van der Waals surface area (Å²) >= 11 is 6.12. The Morgan fingerprint density at radius 3 is 2.82 bits per heavy atom. The first-order chi connectivity index (χ1) is 8.31. The second-order valence-corrected chi connectivity index (χ2v) is 5.04. The fourth-order valence-corrected chi connectivity index (χ4v) is 2.61. The molecule has 0 saturated heterocycles. The lowest BCUT2D eigenvalue weighted by molar-refractivity contribution is 0.353. The molecule has 0 bridgehead atoms. The van der Waals surface area contributed by atoms with Gasteiger partial charge in [-0.1, -0.05) is 24.4 Å². The molecular weight excluding hydrogens is 234 g/mol. The van der Waals surface area contributed by atoms with E-state index in [1.807, 2.05) is 6.07 Å². The molecule has 0 atom stereocenters. The van der Waals surface area contributed by atoms with Crippen molar-refractivity contribution in [3.63, 3.8) is 0 Å². The predicted molar refractivity (Wildman–Crippen MR) is 71.9 cm³/mol. The Balaban J connectivity index is 1.92. The van der Waals surface area contributed by atoms with E-state index in [1.165, 1.54) is 30.4 Å². The highest BCUT2D eigenvalue weighted by Crippen LogP contribution is 2.33. The van der Waals surface area contributed by atoms with Gasteiger partial charge in [-0.15, -0.1) is 0 Å². The Morgan fingerprint density at radius 2 is 2.00 bits per heavy atom. The summed E-state index contributed by atoms with van der Waals surface area (Å²) in [7, 11) is 0. The van der Waals surface area contributed by atoms with Crippen molar-refractivity contribution in [1.82, 2.24) is 0 Å². The van der Waals surface area contributed by atoms with Gasteiger partial charge in [-0.25, -0.2) is 0 Å². The van der Waals surface area contributed by atoms with E-state index in [9.17, 15) is 0 Å². The second-order valence-electron chi connectivity index (χ2n) is 4.60. The first-order valence-corrected chi connectivity index (χ1v) is 6.83. The molecule has 94 valence electrons. The highest BCUT2D eigenvalue weighted by atomic mass is 35.5. The molecule has 1 aromatic carbocycles. The van der Waals surface area contributed by atoms with Gasteiger partial charge in [0.05, 0.1) is 6.61 Å². The van der Waals surface area contributed by atoms with Crippen LogP contribution in [-0.4, -0.2) is 13.2 Å². The van der Waals surface area contributed by atoms with Crippen LogP contribution < -0.4 is 10.5 Å². The predicted octanol–water partition coefficient (Wildman–Crippen LogP) is 3.34. The highest BCUT2D eigenvalue weighted by Gasteiger charge is 2.16. The lowest BCUT2D eigenvalue weighted by Crippen LogP contribution is -1.98. The summed E-state index contributed by atoms with van der Waals surface area (Å²) in [5.74, 6) is 1.09. The van der Waals surface area contributed by atoms with Crippen molar-refractivity contribution in [2.24, 2.45) is 5.73 Å². The zero-order chi connectivity index (χ0) is 12.1. The smallest absolute Gasteiger partial charge is 0.125 e. The maximum atomic E-state index is 6.12. The van der Waals surface area contributed by atoms with Gasteiger partial charge in [0.2, 0.25) is 0 Å². The Morgan fingerprint density at radius 1 is 1.18 bits per heavy atom. The van der Waals surface area contributed by atoms with Crippen molar-refractivity contribution in [1.29, 1.82) is 0 Å². The van der Waals surface area contributed by atoms with Crippen LogP contribution in [0.4, 0.5) is 0 Å². The van der Waals surface area contributed by atoms with E-state index >= 15 is 0 Å². The quantitative estimate of drug-likeness (QED) is 0.790. The number of nitrogens with two attached hydrogens (primary N) is 1. The molecule has 0 radical (unpaired) electrons. The first-order valence-electron chi connectivity index (χ1n) is 6.45. The summed E-state index contributed by atoms with van der Waals surface area (Å²) in [5.41, 5.74) is 8.03. The number of benzene rings is 1. The van der Waals surface area contributed by atoms with Crippen molar-refractivity contribution in [2.45, 2.75) is 38.5 Å². The number of rotatable bonds is 6. The molecule has 1 aromatic rings. The van der Waals surface area contributed by atoms with E-state index in [4.69, 9.17) is 22.1 Å². The Bertz CT molecular complexity index is 379. The summed E-state index contributed by atoms with van der Waals surface area (Å²) in [6.45, 7) is 1.60. The maximum Gasteiger partial charge on any atom is 0.125 e. The lowest BCUT2D eigenvalue weighted by atomic mass is 10.0. The molecule has 0 spiro atoms. The summed E-state index contributed by atoms with van der Waals surface area (Å²) in [5, 5.41) is 0.839. The number of ether oxygens (including phenoxy) is 1. The Kier molecular flexibility index (Phi) is 4.69. The minimum Gasteiger partial charge on any atom is -0.493 e. The van der Waals surface area contributed by atoms with Crippen LogP contribution >= 0.6 is 11.6 Å². The molecule has 0 aromatic heterocycles. The van der Waals surface area contributed by atoms with E-state index in [2.05, 4.69) is 6.07 Å². The van der Waals surface area contributed by atoms with Crippen LogP contribution in [0.3, 0.4) is 0 Å². The highest BCUT2D eigenvalue weighted by molar-refractivity contribution is 6.30. The van der Waals surface area contributed by atoms with E-state index in [-0.39, 0.29) is 0 Å². The number of hydrogen-bond acceptors (Lipinski definition) is 2. The number of fused-ring (bicyclic) bond motifs is 1. The van der Waals surface area contributed by atoms with Gasteiger partial charge in [0.1, 0.15) is 5.75 Å². The minimum atomic E-state index is 0.801. The molecule has 17 heavy (non-hydrogen) atoms. The molecule has 0 fully saturated rings. The molecule has 2 rings (SSSR count). The summed E-state index contributed by atoms with van der Waals surface area (Å²) < 4.78 is 5.68. The van der Waals surface area contributed by atoms with Gasteiger partial charge in [-0.05, 0) is 49.1 Å². The number of unbranched alkanes of at least 4 members (excludes halogenated alkanes) is 3. The molecule has 1 aliphatic rings. The molecule has 0 amide bonds. The third-order valence-corrected chi connectivity index (χ3v) is 3.44. The van der Waals surface area contributed by atoms with Gasteiger partial charge < -0.3 is 10.5 Å². The average Bonchev–Trinajstić information content (AvgIpc) is 2.76. The van der Waals surface area contributed by atoms with Crippen LogP contribution in [0.15, 0.2) is 12.1 Å². The fraction of sp³-hybridized carbons (Fsp3) is 0.571. The van der Waals surface area contributed by atoms with Crippen LogP contribution in [0.1, 0.15) is 36.8 Å². The molecule has 1 heterocycles. The molecule has 0 saturated carbocycles. The lowest BCUT2D eigenvalue weighted by Gasteiger charge is -2.08. The number of hydrogen-bond donors (Lipinski definition) is 1. The SMILES string of the molecule is NCCCCCCc1cc(Cl)cc2c1OCC2. The topological polar surface area (TPSA) is 35.2 Å². The van der Waals surface area contributed by atoms with Crippen molar-refractivity contribution in [2.75, 3.05) is 13.2 Å². The molecule has 0 aliphatic carbocycles. The zero-order valence-corrected chi connectivity index (χ0v) is 10.9. The summed E-state index contributed by atoms with van der Waals surface area (Å²) in [4.78, 5) is 0. The van der Waals surface area contributed by atoms with Crippen molar-refractivity contribution in [3.05, 3.63) is 28.3 Å². The third-order valence-electron chi connectivity index (χ3n) is 3.23. The normalized spacial score (nSPS) is 13.5. The van der Waals surface area contributed by atoms with Crippen LogP contribution in [0.2, 0.25) is 5.02 Å². The van der Waals surface area contributed by atoms with E-state index in [0.717, 1.165) is 43.2 Å². The van der Waals surface area contributed by atoms with Crippen molar-refractivity contribution < 1.29 is 4.74 Å². The first kappa shape index (κ1) is 12.7. The Hall–Kier alpha value is -0.730. The van der Waals surface area contributed by atoms with Crippen LogP contribution in [0.5, 0.6) is 5.75 Å². The Labute approximate surface area is 108 Å². The van der Waals surface area contributed by atoms with E-state index < -0.39 is 0 Å². The van der Waals surface area contributed by atoms with Gasteiger partial charge in [-0.3, -0.25) is 0 Å². The molecular formula is C14H20ClNO. The van der Waals surface area contributed by atoms with Crippen LogP contribution in [-0.2, 0) is 12.8 Å². The monoisotopic (exact) mass is 253 g/mol. The molecule has 2 nitrogen and oxygen atoms in total. The molecule has 2 N–H and O–H groups in total. The van der Waals surface area contributed by atoms with E-state index in [1.54, 1.807) is 0 Å². The van der Waals surface area contributed by atoms with E-state index in [0.29, 0.717) is 0 Å². The summed E-state index contributed by atoms with van der Waals surface area (Å²) in [6.07, 6.45) is 6.84. The maximum absolute atomic E-state index is 6.12. The standard InChI is InChI=1S/C14H20ClNO/c15-13-9-11(5-3-1-2-4-7-16)14-12(10-13)6-8-17-14/h9-10H,1-8,16H2. The van der Waals surface area contributed by atoms with Crippen LogP contribution in [0, 0.1) is 0 Å². The average molecular weight is 254 g/mol. The van der Waals surface area contributed by atoms with Gasteiger partial charge in [0.25, 0.3) is 0 Å². The zero-order valence-electron chi connectivity index (χ0n) is 10.2. The number of aryl methyl sites for hydroxylation is 1. The van der Waals surface area contributed by atoms with Gasteiger partial charge in [-0.2, -0.15) is 0 Å². The fourth-order valence-electron chi connectivity index (χ4n) is 2.35. The third kappa shape index (κ3) is 3.36. The second kappa shape index (κ2) is 6.27. The van der Waals surface area contributed by atoms with Crippen LogP contribution in [0.25, 0.3) is 0 Å².